The Morgan fingerprint density at radius 2 is 1.75 bits per heavy atom. The van der Waals surface area contributed by atoms with Crippen LogP contribution in [-0.4, -0.2) is 33.2 Å². The second-order valence-electron chi connectivity index (χ2n) is 6.08. The monoisotopic (exact) mass is 378 g/mol. The van der Waals surface area contributed by atoms with Crippen molar-refractivity contribution in [3.05, 3.63) is 90.3 Å². The van der Waals surface area contributed by atoms with Gasteiger partial charge in [-0.15, -0.1) is 0 Å². The lowest BCUT2D eigenvalue weighted by atomic mass is 10.2. The fourth-order valence-electron chi connectivity index (χ4n) is 2.64. The lowest BCUT2D eigenvalue weighted by molar-refractivity contribution is -0.116. The number of para-hydroxylation sites is 1. The molecule has 3 aromatic rings. The molecule has 0 aliphatic heterocycles. The van der Waals surface area contributed by atoms with Gasteiger partial charge in [-0.2, -0.15) is 0 Å². The van der Waals surface area contributed by atoms with Crippen molar-refractivity contribution in [2.45, 2.75) is 13.0 Å². The Hall–Kier alpha value is -3.61. The summed E-state index contributed by atoms with van der Waals surface area (Å²) in [4.78, 5) is 34.5. The van der Waals surface area contributed by atoms with Crippen LogP contribution in [0.2, 0.25) is 0 Å². The predicted octanol–water partition coefficient (Wildman–Crippen LogP) is 3.29. The van der Waals surface area contributed by atoms with Crippen molar-refractivity contribution < 1.29 is 14.0 Å². The Kier molecular flexibility index (Phi) is 6.41. The Morgan fingerprint density at radius 1 is 1.00 bits per heavy atom. The first-order chi connectivity index (χ1) is 13.6. The molecule has 0 saturated heterocycles. The molecule has 2 aromatic carbocycles. The number of anilines is 1. The van der Waals surface area contributed by atoms with Crippen molar-refractivity contribution in [3.63, 3.8) is 0 Å². The number of carbonyl (C=O) groups excluding carboxylic acids is 2. The Balaban J connectivity index is 1.69. The SMILES string of the molecule is O=C(CCN(Cc1ccccc1)C(=O)c1cnccn1)Nc1ccccc1F. The highest BCUT2D eigenvalue weighted by atomic mass is 19.1. The van der Waals surface area contributed by atoms with Crippen LogP contribution in [-0.2, 0) is 11.3 Å². The zero-order valence-corrected chi connectivity index (χ0v) is 15.1. The predicted molar refractivity (Wildman–Crippen MR) is 103 cm³/mol. The summed E-state index contributed by atoms with van der Waals surface area (Å²) in [5, 5.41) is 2.53. The zero-order chi connectivity index (χ0) is 19.8. The first kappa shape index (κ1) is 19.2. The van der Waals surface area contributed by atoms with Crippen LogP contribution in [0.15, 0.2) is 73.2 Å². The fraction of sp³-hybridized carbons (Fsp3) is 0.143. The van der Waals surface area contributed by atoms with Gasteiger partial charge < -0.3 is 10.2 Å². The number of benzene rings is 2. The highest BCUT2D eigenvalue weighted by Crippen LogP contribution is 2.13. The number of aromatic nitrogens is 2. The molecule has 0 aliphatic carbocycles. The topological polar surface area (TPSA) is 75.2 Å². The van der Waals surface area contributed by atoms with Gasteiger partial charge in [-0.1, -0.05) is 42.5 Å². The van der Waals surface area contributed by atoms with E-state index in [0.717, 1.165) is 5.56 Å². The molecule has 0 bridgehead atoms. The van der Waals surface area contributed by atoms with Gasteiger partial charge >= 0.3 is 0 Å². The molecule has 1 heterocycles. The van der Waals surface area contributed by atoms with E-state index >= 15 is 0 Å². The summed E-state index contributed by atoms with van der Waals surface area (Å²) >= 11 is 0. The maximum absolute atomic E-state index is 13.7. The van der Waals surface area contributed by atoms with Crippen LogP contribution < -0.4 is 5.32 Å². The van der Waals surface area contributed by atoms with Crippen LogP contribution in [0, 0.1) is 5.82 Å². The average Bonchev–Trinajstić information content (AvgIpc) is 2.73. The molecule has 142 valence electrons. The minimum atomic E-state index is -0.507. The molecule has 1 aromatic heterocycles. The van der Waals surface area contributed by atoms with Gasteiger partial charge in [0, 0.05) is 31.9 Å². The third kappa shape index (κ3) is 5.20. The van der Waals surface area contributed by atoms with E-state index in [-0.39, 0.29) is 36.2 Å². The minimum Gasteiger partial charge on any atom is -0.332 e. The van der Waals surface area contributed by atoms with Crippen molar-refractivity contribution in [3.8, 4) is 0 Å². The largest absolute Gasteiger partial charge is 0.332 e. The molecule has 28 heavy (non-hydrogen) atoms. The van der Waals surface area contributed by atoms with E-state index in [1.807, 2.05) is 30.3 Å². The molecule has 0 aliphatic rings. The summed E-state index contributed by atoms with van der Waals surface area (Å²) in [7, 11) is 0. The highest BCUT2D eigenvalue weighted by Gasteiger charge is 2.19. The summed E-state index contributed by atoms with van der Waals surface area (Å²) in [6, 6.07) is 15.4. The molecule has 3 rings (SSSR count). The van der Waals surface area contributed by atoms with Crippen LogP contribution in [0.3, 0.4) is 0 Å². The average molecular weight is 378 g/mol. The van der Waals surface area contributed by atoms with Gasteiger partial charge in [0.2, 0.25) is 5.91 Å². The van der Waals surface area contributed by atoms with E-state index < -0.39 is 5.82 Å². The lowest BCUT2D eigenvalue weighted by Crippen LogP contribution is -2.34. The zero-order valence-electron chi connectivity index (χ0n) is 15.1. The number of nitrogens with zero attached hydrogens (tertiary/aromatic N) is 3. The van der Waals surface area contributed by atoms with Crippen LogP contribution in [0.25, 0.3) is 0 Å². The normalized spacial score (nSPS) is 10.3. The number of nitrogens with one attached hydrogen (secondary N) is 1. The minimum absolute atomic E-state index is 0.0210. The van der Waals surface area contributed by atoms with Gasteiger partial charge in [0.05, 0.1) is 11.9 Å². The first-order valence-electron chi connectivity index (χ1n) is 8.77. The third-order valence-corrected chi connectivity index (χ3v) is 4.04. The summed E-state index contributed by atoms with van der Waals surface area (Å²) in [5.74, 6) is -1.21. The van der Waals surface area contributed by atoms with Gasteiger partial charge in [0.25, 0.3) is 5.91 Å². The highest BCUT2D eigenvalue weighted by molar-refractivity contribution is 5.93. The van der Waals surface area contributed by atoms with E-state index in [0.29, 0.717) is 6.54 Å². The number of hydrogen-bond donors (Lipinski definition) is 1. The maximum Gasteiger partial charge on any atom is 0.274 e. The van der Waals surface area contributed by atoms with Gasteiger partial charge in [-0.25, -0.2) is 9.37 Å². The van der Waals surface area contributed by atoms with E-state index in [1.165, 1.54) is 35.6 Å². The molecule has 1 N–H and O–H groups in total. The quantitative estimate of drug-likeness (QED) is 0.685. The number of amides is 2. The number of halogens is 1. The van der Waals surface area contributed by atoms with Crippen molar-refractivity contribution in [2.24, 2.45) is 0 Å². The van der Waals surface area contributed by atoms with Crippen molar-refractivity contribution >= 4 is 17.5 Å². The molecular formula is C21H19FN4O2. The molecule has 0 fully saturated rings. The fourth-order valence-corrected chi connectivity index (χ4v) is 2.64. The van der Waals surface area contributed by atoms with Crippen LogP contribution >= 0.6 is 0 Å². The summed E-state index contributed by atoms with van der Waals surface area (Å²) in [5.41, 5.74) is 1.24. The Labute approximate surface area is 162 Å². The van der Waals surface area contributed by atoms with Gasteiger partial charge in [0.1, 0.15) is 11.5 Å². The Bertz CT molecular complexity index is 935. The molecule has 0 unspecified atom stereocenters. The molecule has 0 atom stereocenters. The summed E-state index contributed by atoms with van der Waals surface area (Å²) in [6.45, 7) is 0.480. The maximum atomic E-state index is 13.7. The molecule has 0 spiro atoms. The van der Waals surface area contributed by atoms with Crippen LogP contribution in [0.4, 0.5) is 10.1 Å². The second-order valence-corrected chi connectivity index (χ2v) is 6.08. The number of carbonyl (C=O) groups is 2. The molecule has 2 amide bonds. The van der Waals surface area contributed by atoms with E-state index in [4.69, 9.17) is 0 Å². The smallest absolute Gasteiger partial charge is 0.274 e. The van der Waals surface area contributed by atoms with Gasteiger partial charge in [-0.05, 0) is 17.7 Å². The van der Waals surface area contributed by atoms with Crippen molar-refractivity contribution in [1.82, 2.24) is 14.9 Å². The lowest BCUT2D eigenvalue weighted by Gasteiger charge is -2.22. The molecule has 0 saturated carbocycles. The molecule has 7 heteroatoms. The standard InChI is InChI=1S/C21H19FN4O2/c22-17-8-4-5-9-18(17)25-20(27)10-13-26(15-16-6-2-1-3-7-16)21(28)19-14-23-11-12-24-19/h1-9,11-12,14H,10,13,15H2,(H,25,27). The first-order valence-corrected chi connectivity index (χ1v) is 8.77. The van der Waals surface area contributed by atoms with Gasteiger partial charge in [-0.3, -0.25) is 14.6 Å². The molecule has 6 nitrogen and oxygen atoms in total. The Morgan fingerprint density at radius 3 is 2.46 bits per heavy atom. The molecule has 0 radical (unpaired) electrons. The van der Waals surface area contributed by atoms with E-state index in [9.17, 15) is 14.0 Å². The number of hydrogen-bond acceptors (Lipinski definition) is 4. The summed E-state index contributed by atoms with van der Waals surface area (Å²) < 4.78 is 13.7. The molecular weight excluding hydrogens is 359 g/mol. The van der Waals surface area contributed by atoms with Crippen molar-refractivity contribution in [1.29, 1.82) is 0 Å². The van der Waals surface area contributed by atoms with Gasteiger partial charge in [0.15, 0.2) is 0 Å². The van der Waals surface area contributed by atoms with E-state index in [2.05, 4.69) is 15.3 Å². The number of rotatable bonds is 7. The van der Waals surface area contributed by atoms with Crippen molar-refractivity contribution in [2.75, 3.05) is 11.9 Å². The van der Waals surface area contributed by atoms with Crippen LogP contribution in [0.1, 0.15) is 22.5 Å². The third-order valence-electron chi connectivity index (χ3n) is 4.04. The second kappa shape index (κ2) is 9.36. The van der Waals surface area contributed by atoms with E-state index in [1.54, 1.807) is 12.1 Å². The van der Waals surface area contributed by atoms with Crippen LogP contribution in [0.5, 0.6) is 0 Å². The summed E-state index contributed by atoms with van der Waals surface area (Å²) in [6.07, 6.45) is 4.34.